The van der Waals surface area contributed by atoms with Crippen LogP contribution in [0.2, 0.25) is 0 Å². The number of esters is 4. The first-order valence-electron chi connectivity index (χ1n) is 15.1. The van der Waals surface area contributed by atoms with Crippen LogP contribution in [0.1, 0.15) is 73.3 Å². The second kappa shape index (κ2) is 13.1. The molecule has 3 aliphatic rings. The molecular weight excluding hydrogens is 580 g/mol. The van der Waals surface area contributed by atoms with Crippen molar-refractivity contribution in [1.29, 1.82) is 0 Å². The van der Waals surface area contributed by atoms with Crippen LogP contribution in [0.3, 0.4) is 0 Å². The second-order valence-corrected chi connectivity index (χ2v) is 12.9. The molecule has 1 N–H and O–H groups in total. The fourth-order valence-corrected chi connectivity index (χ4v) is 7.19. The summed E-state index contributed by atoms with van der Waals surface area (Å²) < 4.78 is 23.1. The minimum atomic E-state index is -1.64. The Morgan fingerprint density at radius 3 is 2.09 bits per heavy atom. The average molecular weight is 623 g/mol. The average Bonchev–Trinajstić information content (AvgIpc) is 2.94. The molecule has 1 aromatic carbocycles. The molecule has 0 heterocycles. The van der Waals surface area contributed by atoms with Crippen molar-refractivity contribution >= 4 is 35.7 Å². The van der Waals surface area contributed by atoms with Gasteiger partial charge < -0.3 is 24.1 Å². The van der Waals surface area contributed by atoms with Crippen LogP contribution < -0.4 is 0 Å². The van der Waals surface area contributed by atoms with Gasteiger partial charge in [0.2, 0.25) is 0 Å². The number of fused-ring (bicyclic) bond motifs is 4. The van der Waals surface area contributed by atoms with Crippen molar-refractivity contribution < 1.29 is 48.0 Å². The van der Waals surface area contributed by atoms with Gasteiger partial charge in [-0.05, 0) is 66.5 Å². The molecule has 242 valence electrons. The maximum Gasteiger partial charge on any atom is 0.331 e. The van der Waals surface area contributed by atoms with Gasteiger partial charge in [0.25, 0.3) is 0 Å². The molecule has 0 aromatic heterocycles. The summed E-state index contributed by atoms with van der Waals surface area (Å²) in [4.78, 5) is 64.3. The summed E-state index contributed by atoms with van der Waals surface area (Å²) in [5, 5.41) is 11.8. The number of benzene rings is 1. The predicted octanol–water partition coefficient (Wildman–Crippen LogP) is 4.44. The highest BCUT2D eigenvalue weighted by atomic mass is 16.6. The van der Waals surface area contributed by atoms with Crippen LogP contribution in [-0.4, -0.2) is 65.3 Å². The van der Waals surface area contributed by atoms with Gasteiger partial charge in [-0.1, -0.05) is 44.2 Å². The summed E-state index contributed by atoms with van der Waals surface area (Å²) in [7, 11) is 0. The van der Waals surface area contributed by atoms with E-state index in [1.165, 1.54) is 26.8 Å². The Balaban J connectivity index is 1.88. The summed E-state index contributed by atoms with van der Waals surface area (Å²) in [6.07, 6.45) is -0.553. The fourth-order valence-electron chi connectivity index (χ4n) is 7.19. The van der Waals surface area contributed by atoms with Gasteiger partial charge in [0.05, 0.1) is 5.41 Å². The normalized spacial score (nSPS) is 32.2. The predicted molar refractivity (Wildman–Crippen MR) is 163 cm³/mol. The fraction of sp³-hybridized carbons (Fsp3) is 0.514. The van der Waals surface area contributed by atoms with E-state index in [4.69, 9.17) is 18.9 Å². The van der Waals surface area contributed by atoms with Crippen molar-refractivity contribution in [1.82, 2.24) is 0 Å². The molecule has 10 heteroatoms. The number of hydrogen-bond acceptors (Lipinski definition) is 10. The lowest BCUT2D eigenvalue weighted by Gasteiger charge is -2.51. The van der Waals surface area contributed by atoms with Crippen LogP contribution in [-0.2, 0) is 42.9 Å². The molecule has 0 aliphatic heterocycles. The Bertz CT molecular complexity index is 1450. The van der Waals surface area contributed by atoms with Crippen molar-refractivity contribution in [3.8, 4) is 0 Å². The lowest BCUT2D eigenvalue weighted by molar-refractivity contribution is -0.169. The molecule has 7 atom stereocenters. The van der Waals surface area contributed by atoms with Crippen molar-refractivity contribution in [2.24, 2.45) is 16.7 Å². The highest BCUT2D eigenvalue weighted by Gasteiger charge is 2.57. The van der Waals surface area contributed by atoms with Gasteiger partial charge in [0, 0.05) is 39.2 Å². The van der Waals surface area contributed by atoms with E-state index in [1.54, 1.807) is 26.0 Å². The number of ether oxygens (including phenoxy) is 4. The molecule has 3 aliphatic carbocycles. The first kappa shape index (κ1) is 33.8. The maximum absolute atomic E-state index is 14.4. The molecule has 10 nitrogen and oxygen atoms in total. The highest BCUT2D eigenvalue weighted by molar-refractivity contribution is 5.93. The molecule has 1 saturated carbocycles. The summed E-state index contributed by atoms with van der Waals surface area (Å²) in [6, 6.07) is 9.19. The van der Waals surface area contributed by atoms with Gasteiger partial charge in [-0.3, -0.25) is 19.2 Å². The molecule has 1 fully saturated rings. The van der Waals surface area contributed by atoms with E-state index >= 15 is 0 Å². The number of hydrogen-bond donors (Lipinski definition) is 1. The molecule has 1 aromatic rings. The third-order valence-corrected chi connectivity index (χ3v) is 9.37. The molecule has 0 saturated heterocycles. The Labute approximate surface area is 263 Å². The smallest absolute Gasteiger partial charge is 0.331 e. The Morgan fingerprint density at radius 2 is 1.49 bits per heavy atom. The third kappa shape index (κ3) is 7.11. The minimum absolute atomic E-state index is 0.0359. The van der Waals surface area contributed by atoms with E-state index < -0.39 is 76.9 Å². The second-order valence-electron chi connectivity index (χ2n) is 12.9. The van der Waals surface area contributed by atoms with Crippen LogP contribution in [0.15, 0.2) is 59.2 Å². The lowest BCUT2D eigenvalue weighted by atomic mass is 9.57. The zero-order valence-corrected chi connectivity index (χ0v) is 26.8. The van der Waals surface area contributed by atoms with Gasteiger partial charge in [-0.2, -0.15) is 0 Å². The van der Waals surface area contributed by atoms with Gasteiger partial charge in [0.1, 0.15) is 30.5 Å². The molecule has 45 heavy (non-hydrogen) atoms. The van der Waals surface area contributed by atoms with Crippen LogP contribution >= 0.6 is 0 Å². The molecule has 0 amide bonds. The number of aliphatic hydroxyl groups excluding tert-OH is 1. The first-order chi connectivity index (χ1) is 21.0. The van der Waals surface area contributed by atoms with E-state index in [0.29, 0.717) is 16.7 Å². The molecule has 5 unspecified atom stereocenters. The minimum Gasteiger partial charge on any atom is -0.461 e. The number of Topliss-reactive ketones (excluding diaryl/α,β-unsaturated/α-hetero) is 1. The SMILES string of the molecule is CC(=O)OC1C[C@H]2C(OC(C)=O)/C=C3\C[C@](C)(C(=O)C(O)C(=C1C)C2(C)C)C(OC(C)=O)CC3OC(=O)/C=C/c1ccccc1. The van der Waals surface area contributed by atoms with Gasteiger partial charge >= 0.3 is 23.9 Å². The molecule has 0 spiro atoms. The monoisotopic (exact) mass is 622 g/mol. The largest absolute Gasteiger partial charge is 0.461 e. The topological polar surface area (TPSA) is 143 Å². The number of ketones is 1. The molecule has 4 bridgehead atoms. The molecule has 4 rings (SSSR count). The van der Waals surface area contributed by atoms with Crippen LogP contribution in [0.4, 0.5) is 0 Å². The number of rotatable bonds is 6. The first-order valence-corrected chi connectivity index (χ1v) is 15.1. The quantitative estimate of drug-likeness (QED) is 0.209. The summed E-state index contributed by atoms with van der Waals surface area (Å²) >= 11 is 0. The van der Waals surface area contributed by atoms with E-state index in [0.717, 1.165) is 5.56 Å². The molecular formula is C35H42O10. The van der Waals surface area contributed by atoms with Gasteiger partial charge in [-0.25, -0.2) is 4.79 Å². The Kier molecular flexibility index (Phi) is 9.87. The van der Waals surface area contributed by atoms with Crippen LogP contribution in [0, 0.1) is 16.7 Å². The lowest BCUT2D eigenvalue weighted by Crippen LogP contribution is -2.56. The zero-order chi connectivity index (χ0) is 33.3. The standard InChI is InChI=1S/C35H42O10/c1-19-26(42-20(2)36)16-25-28(43-21(3)37)15-24-18-35(7,33(41)32(40)31(19)34(25,5)6)29(44-22(4)38)17-27(24)45-30(39)14-13-23-11-9-8-10-12-23/h8-15,25-29,32,40H,16-18H2,1-7H3/b14-13+,24-15+/t25-,26?,27?,28?,29?,32?,35-/m0/s1. The van der Waals surface area contributed by atoms with E-state index in [2.05, 4.69) is 0 Å². The number of carbonyl (C=O) groups excluding carboxylic acids is 5. The van der Waals surface area contributed by atoms with E-state index in [-0.39, 0.29) is 19.3 Å². The third-order valence-electron chi connectivity index (χ3n) is 9.37. The maximum atomic E-state index is 14.4. The number of aliphatic hydroxyl groups is 1. The Morgan fingerprint density at radius 1 is 0.867 bits per heavy atom. The number of carbonyl (C=O) groups is 5. The van der Waals surface area contributed by atoms with Gasteiger partial charge in [-0.15, -0.1) is 0 Å². The van der Waals surface area contributed by atoms with Crippen LogP contribution in [0.5, 0.6) is 0 Å². The summed E-state index contributed by atoms with van der Waals surface area (Å²) in [5.74, 6) is -3.51. The Hall–Kier alpha value is -4.05. The van der Waals surface area contributed by atoms with E-state index in [1.807, 2.05) is 44.2 Å². The highest BCUT2D eigenvalue weighted by Crippen LogP contribution is 2.53. The summed E-state index contributed by atoms with van der Waals surface area (Å²) in [6.45, 7) is 10.8. The zero-order valence-electron chi connectivity index (χ0n) is 26.8. The van der Waals surface area contributed by atoms with Crippen molar-refractivity contribution in [2.45, 2.75) is 98.2 Å². The van der Waals surface area contributed by atoms with E-state index in [9.17, 15) is 29.1 Å². The van der Waals surface area contributed by atoms with Crippen LogP contribution in [0.25, 0.3) is 6.08 Å². The van der Waals surface area contributed by atoms with Crippen molar-refractivity contribution in [2.75, 3.05) is 0 Å². The van der Waals surface area contributed by atoms with Gasteiger partial charge in [0.15, 0.2) is 5.78 Å². The summed E-state index contributed by atoms with van der Waals surface area (Å²) in [5.41, 5.74) is -0.173. The van der Waals surface area contributed by atoms with Crippen molar-refractivity contribution in [3.05, 3.63) is 64.8 Å². The van der Waals surface area contributed by atoms with Crippen molar-refractivity contribution in [3.63, 3.8) is 0 Å². The molecule has 0 radical (unpaired) electrons.